The van der Waals surface area contributed by atoms with Crippen molar-refractivity contribution in [1.29, 1.82) is 0 Å². The van der Waals surface area contributed by atoms with Gasteiger partial charge in [0.05, 0.1) is 0 Å². The van der Waals surface area contributed by atoms with Crippen molar-refractivity contribution in [2.45, 2.75) is 25.5 Å². The molecular weight excluding hydrogens is 341 g/mol. The summed E-state index contributed by atoms with van der Waals surface area (Å²) in [5, 5.41) is 3.25. The summed E-state index contributed by atoms with van der Waals surface area (Å²) in [6.07, 6.45) is 0.819. The molecule has 2 heterocycles. The van der Waals surface area contributed by atoms with Gasteiger partial charge in [0.2, 0.25) is 0 Å². The zero-order chi connectivity index (χ0) is 14.3. The van der Waals surface area contributed by atoms with Gasteiger partial charge in [0, 0.05) is 32.3 Å². The number of halogens is 2. The van der Waals surface area contributed by atoms with Crippen LogP contribution in [0.25, 0.3) is 0 Å². The van der Waals surface area contributed by atoms with Crippen molar-refractivity contribution >= 4 is 27.3 Å². The van der Waals surface area contributed by atoms with E-state index in [1.165, 1.54) is 15.8 Å². The first-order valence-corrected chi connectivity index (χ1v) is 8.08. The lowest BCUT2D eigenvalue weighted by Gasteiger charge is -2.31. The third-order valence-corrected chi connectivity index (χ3v) is 5.84. The topological polar surface area (TPSA) is 21.3 Å². The molecule has 2 nitrogen and oxygen atoms in total. The van der Waals surface area contributed by atoms with E-state index in [0.717, 1.165) is 22.2 Å². The smallest absolute Gasteiger partial charge is 0.135 e. The second-order valence-electron chi connectivity index (χ2n) is 4.92. The summed E-state index contributed by atoms with van der Waals surface area (Å²) in [6.45, 7) is 2.08. The molecule has 0 spiro atoms. The molecule has 0 amide bonds. The highest BCUT2D eigenvalue weighted by Gasteiger charge is 2.30. The van der Waals surface area contributed by atoms with Crippen molar-refractivity contribution in [2.75, 3.05) is 7.05 Å². The van der Waals surface area contributed by atoms with E-state index < -0.39 is 0 Å². The molecule has 1 aliphatic heterocycles. The molecule has 0 radical (unpaired) electrons. The summed E-state index contributed by atoms with van der Waals surface area (Å²) in [6, 6.07) is 6.95. The van der Waals surface area contributed by atoms with Crippen LogP contribution in [0, 0.1) is 12.7 Å². The van der Waals surface area contributed by atoms with Crippen LogP contribution < -0.4 is 10.1 Å². The Morgan fingerprint density at radius 3 is 2.85 bits per heavy atom. The molecule has 2 atom stereocenters. The molecule has 20 heavy (non-hydrogen) atoms. The number of aryl methyl sites for hydroxylation is 1. The van der Waals surface area contributed by atoms with Crippen LogP contribution in [0.3, 0.4) is 0 Å². The average Bonchev–Trinajstić information content (AvgIpc) is 2.77. The monoisotopic (exact) mass is 355 g/mol. The maximum atomic E-state index is 13.4. The standard InChI is InChI=1S/C15H15BrFNOS/c1-8-11(16)6-15(20-8)14-7-12(18-2)10-5-9(17)3-4-13(10)19-14/h3-6,12,14,18H,7H2,1-2H3. The SMILES string of the molecule is CNC1CC(c2cc(Br)c(C)s2)Oc2ccc(F)cc21. The van der Waals surface area contributed by atoms with E-state index >= 15 is 0 Å². The van der Waals surface area contributed by atoms with Gasteiger partial charge < -0.3 is 10.1 Å². The van der Waals surface area contributed by atoms with Gasteiger partial charge in [0.1, 0.15) is 17.7 Å². The fourth-order valence-corrected chi connectivity index (χ4v) is 4.13. The Morgan fingerprint density at radius 2 is 2.20 bits per heavy atom. The van der Waals surface area contributed by atoms with Crippen LogP contribution in [0.15, 0.2) is 28.7 Å². The van der Waals surface area contributed by atoms with Crippen LogP contribution >= 0.6 is 27.3 Å². The Morgan fingerprint density at radius 1 is 1.40 bits per heavy atom. The van der Waals surface area contributed by atoms with E-state index in [4.69, 9.17) is 4.74 Å². The maximum absolute atomic E-state index is 13.4. The van der Waals surface area contributed by atoms with Gasteiger partial charge in [-0.3, -0.25) is 0 Å². The first-order valence-electron chi connectivity index (χ1n) is 6.47. The molecule has 1 aromatic carbocycles. The molecule has 1 aromatic heterocycles. The minimum Gasteiger partial charge on any atom is -0.484 e. The third kappa shape index (κ3) is 2.50. The van der Waals surface area contributed by atoms with Crippen LogP contribution in [-0.4, -0.2) is 7.05 Å². The lowest BCUT2D eigenvalue weighted by molar-refractivity contribution is 0.156. The first kappa shape index (κ1) is 14.0. The maximum Gasteiger partial charge on any atom is 0.135 e. The van der Waals surface area contributed by atoms with Crippen LogP contribution in [0.1, 0.15) is 33.9 Å². The largest absolute Gasteiger partial charge is 0.484 e. The van der Waals surface area contributed by atoms with Crippen molar-refractivity contribution in [3.05, 3.63) is 49.9 Å². The van der Waals surface area contributed by atoms with Crippen LogP contribution in [-0.2, 0) is 0 Å². The van der Waals surface area contributed by atoms with Gasteiger partial charge in [-0.2, -0.15) is 0 Å². The van der Waals surface area contributed by atoms with Crippen molar-refractivity contribution in [1.82, 2.24) is 5.32 Å². The second-order valence-corrected chi connectivity index (χ2v) is 7.06. The van der Waals surface area contributed by atoms with E-state index in [1.807, 2.05) is 7.05 Å². The van der Waals surface area contributed by atoms with E-state index in [9.17, 15) is 4.39 Å². The molecule has 3 rings (SSSR count). The molecule has 1 aliphatic rings. The number of thiophene rings is 1. The normalized spacial score (nSPS) is 21.4. The summed E-state index contributed by atoms with van der Waals surface area (Å²) in [4.78, 5) is 2.44. The Labute approximate surface area is 130 Å². The molecule has 0 saturated carbocycles. The molecule has 0 bridgehead atoms. The fourth-order valence-electron chi connectivity index (χ4n) is 2.53. The van der Waals surface area contributed by atoms with Crippen molar-refractivity contribution in [2.24, 2.45) is 0 Å². The molecule has 2 unspecified atom stereocenters. The predicted molar refractivity (Wildman–Crippen MR) is 82.9 cm³/mol. The minimum absolute atomic E-state index is 0.0143. The van der Waals surface area contributed by atoms with Gasteiger partial charge in [-0.1, -0.05) is 0 Å². The van der Waals surface area contributed by atoms with Gasteiger partial charge in [0.25, 0.3) is 0 Å². The third-order valence-electron chi connectivity index (χ3n) is 3.61. The summed E-state index contributed by atoms with van der Waals surface area (Å²) in [7, 11) is 1.90. The van der Waals surface area contributed by atoms with Crippen LogP contribution in [0.5, 0.6) is 5.75 Å². The lowest BCUT2D eigenvalue weighted by Crippen LogP contribution is -2.26. The molecule has 2 aromatic rings. The number of benzene rings is 1. The quantitative estimate of drug-likeness (QED) is 0.839. The molecule has 0 aliphatic carbocycles. The van der Waals surface area contributed by atoms with Gasteiger partial charge in [-0.05, 0) is 54.2 Å². The Bertz CT molecular complexity index is 623. The Hall–Kier alpha value is -0.910. The summed E-state index contributed by atoms with van der Waals surface area (Å²) in [5.41, 5.74) is 0.899. The highest BCUT2D eigenvalue weighted by Crippen LogP contribution is 2.43. The van der Waals surface area contributed by atoms with E-state index in [2.05, 4.69) is 34.2 Å². The predicted octanol–water partition coefficient (Wildman–Crippen LogP) is 4.74. The summed E-state index contributed by atoms with van der Waals surface area (Å²) >= 11 is 5.28. The zero-order valence-electron chi connectivity index (χ0n) is 11.2. The average molecular weight is 356 g/mol. The Balaban J connectivity index is 1.96. The molecule has 0 saturated heterocycles. The number of hydrogen-bond donors (Lipinski definition) is 1. The number of fused-ring (bicyclic) bond motifs is 1. The Kier molecular flexibility index (Phi) is 3.84. The zero-order valence-corrected chi connectivity index (χ0v) is 13.6. The van der Waals surface area contributed by atoms with Gasteiger partial charge >= 0.3 is 0 Å². The van der Waals surface area contributed by atoms with Crippen LogP contribution in [0.4, 0.5) is 4.39 Å². The molecule has 106 valence electrons. The number of rotatable bonds is 2. The molecule has 0 fully saturated rings. The van der Waals surface area contributed by atoms with E-state index in [0.29, 0.717) is 0 Å². The number of ether oxygens (including phenoxy) is 1. The van der Waals surface area contributed by atoms with Gasteiger partial charge in [0.15, 0.2) is 0 Å². The summed E-state index contributed by atoms with van der Waals surface area (Å²) in [5.74, 6) is 0.546. The molecular formula is C15H15BrFNOS. The number of nitrogens with one attached hydrogen (secondary N) is 1. The highest BCUT2D eigenvalue weighted by atomic mass is 79.9. The van der Waals surface area contributed by atoms with E-state index in [1.54, 1.807) is 23.5 Å². The van der Waals surface area contributed by atoms with E-state index in [-0.39, 0.29) is 18.0 Å². The van der Waals surface area contributed by atoms with Gasteiger partial charge in [-0.15, -0.1) is 11.3 Å². The van der Waals surface area contributed by atoms with Crippen LogP contribution in [0.2, 0.25) is 0 Å². The van der Waals surface area contributed by atoms with Gasteiger partial charge in [-0.25, -0.2) is 4.39 Å². The molecule has 1 N–H and O–H groups in total. The van der Waals surface area contributed by atoms with Crippen molar-refractivity contribution in [3.8, 4) is 5.75 Å². The van der Waals surface area contributed by atoms with Crippen molar-refractivity contribution < 1.29 is 9.13 Å². The molecule has 5 heteroatoms. The number of hydrogen-bond acceptors (Lipinski definition) is 3. The summed E-state index contributed by atoms with van der Waals surface area (Å²) < 4.78 is 20.6. The highest BCUT2D eigenvalue weighted by molar-refractivity contribution is 9.10. The first-order chi connectivity index (χ1) is 9.58. The lowest BCUT2D eigenvalue weighted by atomic mass is 9.96. The minimum atomic E-state index is -0.222. The van der Waals surface area contributed by atoms with Crippen molar-refractivity contribution in [3.63, 3.8) is 0 Å². The fraction of sp³-hybridized carbons (Fsp3) is 0.333. The second kappa shape index (κ2) is 5.47.